The van der Waals surface area contributed by atoms with Gasteiger partial charge in [-0.15, -0.1) is 10.1 Å². The molecular weight excluding hydrogens is 867 g/mol. The van der Waals surface area contributed by atoms with Crippen LogP contribution in [0.15, 0.2) is 58.7 Å². The number of hydroxylamine groups is 4. The second kappa shape index (κ2) is 19.6. The van der Waals surface area contributed by atoms with Crippen LogP contribution in [0, 0.1) is 11.6 Å². The minimum absolute atomic E-state index is 0.0298. The summed E-state index contributed by atoms with van der Waals surface area (Å²) >= 11 is 0. The second-order valence-corrected chi connectivity index (χ2v) is 20.1. The van der Waals surface area contributed by atoms with Crippen molar-refractivity contribution in [2.24, 2.45) is 10.2 Å². The molecular formula is C46H64F2N6O12. The Hall–Kier alpha value is -6.34. The number of amides is 4. The van der Waals surface area contributed by atoms with Crippen molar-refractivity contribution in [3.8, 4) is 0 Å². The van der Waals surface area contributed by atoms with E-state index in [4.69, 9.17) is 28.6 Å². The summed E-state index contributed by atoms with van der Waals surface area (Å²) in [7, 11) is 0. The van der Waals surface area contributed by atoms with Gasteiger partial charge in [-0.25, -0.2) is 38.0 Å². The van der Waals surface area contributed by atoms with Gasteiger partial charge in [-0.05, 0) is 137 Å². The van der Waals surface area contributed by atoms with E-state index >= 15 is 0 Å². The highest BCUT2D eigenvalue weighted by atomic mass is 19.1. The number of nitrogens with zero attached hydrogens (tertiary/aromatic N) is 6. The molecule has 0 saturated carbocycles. The lowest BCUT2D eigenvalue weighted by atomic mass is 9.89. The Morgan fingerprint density at radius 3 is 1.05 bits per heavy atom. The first-order valence-electron chi connectivity index (χ1n) is 21.2. The number of hydrogen-bond donors (Lipinski definition) is 0. The highest BCUT2D eigenvalue weighted by molar-refractivity contribution is 6.25. The van der Waals surface area contributed by atoms with Gasteiger partial charge in [0, 0.05) is 11.1 Å². The minimum Gasteiger partial charge on any atom is -0.442 e. The Labute approximate surface area is 385 Å². The molecule has 2 aliphatic heterocycles. The van der Waals surface area contributed by atoms with Crippen molar-refractivity contribution < 1.29 is 66.2 Å². The number of halogens is 2. The third kappa shape index (κ3) is 12.9. The third-order valence-electron chi connectivity index (χ3n) is 8.86. The lowest BCUT2D eigenvalue weighted by molar-refractivity contribution is -0.178. The van der Waals surface area contributed by atoms with E-state index in [9.17, 15) is 37.5 Å². The maximum Gasteiger partial charge on any atom is 0.534 e. The fourth-order valence-electron chi connectivity index (χ4n) is 6.07. The van der Waals surface area contributed by atoms with Crippen LogP contribution in [0.3, 0.4) is 0 Å². The SMILES string of the molecule is CC(C)N1N=C(c2ccccc2F)C(C)(N(OC(=O)OC(C)(C)C)C(=O)OC(C)(C)C)C1=O.CC(C)N1N=C(c2ccccc2F)C(C)(N(OC(=O)OC(C)(C)C)C(=O)OC(C)(C)C)C1=O. The largest absolute Gasteiger partial charge is 0.534 e. The van der Waals surface area contributed by atoms with Gasteiger partial charge in [-0.3, -0.25) is 19.3 Å². The average molecular weight is 931 g/mol. The standard InChI is InChI=1S/2C23H32FN3O6/c2*1-14(2)26-18(28)23(9,17(25-26)15-12-10-11-13-16(15)24)27(19(29)31-21(3,4)5)33-20(30)32-22(6,7)8/h2*10-14H,1-9H3. The average Bonchev–Trinajstić information content (AvgIpc) is 3.56. The summed E-state index contributed by atoms with van der Waals surface area (Å²) in [5.41, 5.74) is -8.22. The number of hydrogen-bond acceptors (Lipinski definition) is 14. The molecule has 18 nitrogen and oxygen atoms in total. The zero-order valence-corrected chi connectivity index (χ0v) is 41.1. The fraction of sp³-hybridized carbons (Fsp3) is 0.565. The number of rotatable bonds is 6. The van der Waals surface area contributed by atoms with E-state index in [-0.39, 0.29) is 22.6 Å². The highest BCUT2D eigenvalue weighted by Gasteiger charge is 2.60. The van der Waals surface area contributed by atoms with Crippen molar-refractivity contribution in [2.45, 2.75) is 170 Å². The second-order valence-electron chi connectivity index (χ2n) is 20.1. The van der Waals surface area contributed by atoms with Gasteiger partial charge in [0.25, 0.3) is 11.8 Å². The molecule has 0 aromatic heterocycles. The van der Waals surface area contributed by atoms with Crippen LogP contribution in [0.2, 0.25) is 0 Å². The van der Waals surface area contributed by atoms with Crippen LogP contribution < -0.4 is 0 Å². The smallest absolute Gasteiger partial charge is 0.442 e. The summed E-state index contributed by atoms with van der Waals surface area (Å²) < 4.78 is 50.7. The van der Waals surface area contributed by atoms with Crippen molar-refractivity contribution in [2.75, 3.05) is 0 Å². The third-order valence-corrected chi connectivity index (χ3v) is 8.86. The van der Waals surface area contributed by atoms with Crippen molar-refractivity contribution in [3.63, 3.8) is 0 Å². The van der Waals surface area contributed by atoms with E-state index < -0.39 is 93.5 Å². The Morgan fingerprint density at radius 1 is 0.530 bits per heavy atom. The van der Waals surface area contributed by atoms with Gasteiger partial charge in [0.05, 0.1) is 12.1 Å². The molecule has 2 aromatic rings. The van der Waals surface area contributed by atoms with E-state index in [1.165, 1.54) is 50.2 Å². The zero-order chi connectivity index (χ0) is 50.7. The molecule has 4 amide bonds. The van der Waals surface area contributed by atoms with Gasteiger partial charge in [-0.1, -0.05) is 36.4 Å². The van der Waals surface area contributed by atoms with Gasteiger partial charge >= 0.3 is 24.5 Å². The Balaban J connectivity index is 0.000000350. The van der Waals surface area contributed by atoms with Gasteiger partial charge in [0.2, 0.25) is 11.1 Å². The number of carbonyl (C=O) groups excluding carboxylic acids is 6. The molecule has 0 aliphatic carbocycles. The van der Waals surface area contributed by atoms with Crippen molar-refractivity contribution in [1.29, 1.82) is 0 Å². The van der Waals surface area contributed by atoms with Gasteiger partial charge < -0.3 is 18.9 Å². The molecule has 0 bridgehead atoms. The normalized spacial score (nSPS) is 18.8. The molecule has 2 unspecified atom stereocenters. The van der Waals surface area contributed by atoms with Crippen LogP contribution in [0.5, 0.6) is 0 Å². The van der Waals surface area contributed by atoms with Gasteiger partial charge in [0.1, 0.15) is 45.5 Å². The summed E-state index contributed by atoms with van der Waals surface area (Å²) in [6, 6.07) is 10.5. The minimum atomic E-state index is -2.04. The first-order valence-corrected chi connectivity index (χ1v) is 21.2. The number of hydrazone groups is 2. The molecule has 2 aliphatic rings. The number of benzene rings is 2. The van der Waals surface area contributed by atoms with Gasteiger partial charge in [0.15, 0.2) is 0 Å². The molecule has 0 radical (unpaired) electrons. The van der Waals surface area contributed by atoms with E-state index in [1.54, 1.807) is 123 Å². The molecule has 66 heavy (non-hydrogen) atoms. The van der Waals surface area contributed by atoms with Crippen molar-refractivity contribution in [1.82, 2.24) is 20.1 Å². The molecule has 4 rings (SSSR count). The Kier molecular flexibility index (Phi) is 16.1. The summed E-state index contributed by atoms with van der Waals surface area (Å²) in [6.45, 7) is 28.8. The number of ether oxygens (including phenoxy) is 4. The van der Waals surface area contributed by atoms with E-state index in [0.717, 1.165) is 10.0 Å². The first kappa shape index (κ1) is 54.0. The lowest BCUT2D eigenvalue weighted by Gasteiger charge is -2.36. The molecule has 2 heterocycles. The van der Waals surface area contributed by atoms with Gasteiger partial charge in [-0.2, -0.15) is 10.2 Å². The van der Waals surface area contributed by atoms with Crippen LogP contribution in [-0.4, -0.2) is 113 Å². The predicted octanol–water partition coefficient (Wildman–Crippen LogP) is 9.29. The van der Waals surface area contributed by atoms with Crippen LogP contribution in [0.1, 0.15) is 136 Å². The quantitative estimate of drug-likeness (QED) is 0.152. The topological polar surface area (TPSA) is 195 Å². The molecule has 2 atom stereocenters. The maximum absolute atomic E-state index is 14.8. The highest BCUT2D eigenvalue weighted by Crippen LogP contribution is 2.36. The molecule has 0 saturated heterocycles. The predicted molar refractivity (Wildman–Crippen MR) is 237 cm³/mol. The monoisotopic (exact) mass is 930 g/mol. The Morgan fingerprint density at radius 2 is 0.803 bits per heavy atom. The first-order chi connectivity index (χ1) is 29.9. The van der Waals surface area contributed by atoms with E-state index in [0.29, 0.717) is 10.1 Å². The van der Waals surface area contributed by atoms with Crippen LogP contribution in [0.4, 0.5) is 28.0 Å². The summed E-state index contributed by atoms with van der Waals surface area (Å²) in [5.74, 6) is -2.74. The van der Waals surface area contributed by atoms with Crippen LogP contribution in [-0.2, 0) is 38.2 Å². The zero-order valence-electron chi connectivity index (χ0n) is 41.1. The van der Waals surface area contributed by atoms with E-state index in [2.05, 4.69) is 10.2 Å². The molecule has 0 fully saturated rings. The summed E-state index contributed by atoms with van der Waals surface area (Å²) in [5, 5.41) is 11.8. The molecule has 0 spiro atoms. The Bertz CT molecular complexity index is 2080. The molecule has 0 N–H and O–H groups in total. The summed E-state index contributed by atoms with van der Waals surface area (Å²) in [6.07, 6.45) is -4.76. The fourth-order valence-corrected chi connectivity index (χ4v) is 6.07. The van der Waals surface area contributed by atoms with Crippen LogP contribution >= 0.6 is 0 Å². The number of carbonyl (C=O) groups is 6. The molecule has 364 valence electrons. The maximum atomic E-state index is 14.8. The summed E-state index contributed by atoms with van der Waals surface area (Å²) in [4.78, 5) is 89.1. The molecule has 20 heteroatoms. The van der Waals surface area contributed by atoms with Crippen LogP contribution in [0.25, 0.3) is 0 Å². The molecule has 2 aromatic carbocycles. The van der Waals surface area contributed by atoms with E-state index in [1.807, 2.05) is 0 Å². The lowest BCUT2D eigenvalue weighted by Crippen LogP contribution is -2.61. The van der Waals surface area contributed by atoms with Crippen molar-refractivity contribution in [3.05, 3.63) is 71.3 Å². The van der Waals surface area contributed by atoms with Crippen molar-refractivity contribution >= 4 is 47.7 Å².